The number of piperidine rings is 1. The summed E-state index contributed by atoms with van der Waals surface area (Å²) in [4.78, 5) is 28.0. The zero-order chi connectivity index (χ0) is 26.3. The monoisotopic (exact) mass is 514 g/mol. The highest BCUT2D eigenvalue weighted by molar-refractivity contribution is 5.85. The van der Waals surface area contributed by atoms with Gasteiger partial charge in [-0.15, -0.1) is 0 Å². The molecule has 8 nitrogen and oxygen atoms in total. The molecule has 1 aromatic heterocycles. The Morgan fingerprint density at radius 2 is 1.81 bits per heavy atom. The van der Waals surface area contributed by atoms with Crippen LogP contribution in [0.25, 0.3) is 10.9 Å². The molecule has 2 fully saturated rings. The first-order valence-electron chi connectivity index (χ1n) is 11.9. The van der Waals surface area contributed by atoms with Gasteiger partial charge in [0.25, 0.3) is 0 Å². The second-order valence-corrected chi connectivity index (χ2v) is 10.2. The minimum Gasteiger partial charge on any atom is -0.444 e. The van der Waals surface area contributed by atoms with Crippen molar-refractivity contribution in [1.29, 1.82) is 0 Å². The summed E-state index contributed by atoms with van der Waals surface area (Å²) in [7, 11) is 0. The molecule has 0 unspecified atom stereocenters. The molecule has 3 heterocycles. The van der Waals surface area contributed by atoms with Gasteiger partial charge in [0, 0.05) is 25.6 Å². The normalized spacial score (nSPS) is 20.1. The van der Waals surface area contributed by atoms with Crippen LogP contribution in [0.2, 0.25) is 0 Å². The molecule has 2 aliphatic heterocycles. The average molecular weight is 515 g/mol. The van der Waals surface area contributed by atoms with Gasteiger partial charge in [-0.1, -0.05) is 6.07 Å². The van der Waals surface area contributed by atoms with E-state index in [-0.39, 0.29) is 31.0 Å². The van der Waals surface area contributed by atoms with Crippen molar-refractivity contribution in [2.45, 2.75) is 64.0 Å². The molecule has 1 atom stereocenters. The maximum Gasteiger partial charge on any atom is 0.416 e. The summed E-state index contributed by atoms with van der Waals surface area (Å²) in [5.74, 6) is -1.19. The van der Waals surface area contributed by atoms with Crippen molar-refractivity contribution in [3.8, 4) is 0 Å². The van der Waals surface area contributed by atoms with E-state index in [9.17, 15) is 27.2 Å². The van der Waals surface area contributed by atoms with E-state index in [1.165, 1.54) is 16.8 Å². The van der Waals surface area contributed by atoms with Crippen molar-refractivity contribution in [3.05, 3.63) is 29.7 Å². The number of hydrogen-bond donors (Lipinski definition) is 0. The molecule has 1 aromatic carbocycles. The van der Waals surface area contributed by atoms with Gasteiger partial charge in [-0.05, 0) is 45.7 Å². The SMILES string of the molecule is CC(C)(C)OC(=O)N1CCC(c2nn(CC(=O)N3CCO[C@H](C(F)(F)F)C3)c3cccc(F)c23)CC1. The minimum atomic E-state index is -4.57. The number of fused-ring (bicyclic) bond motifs is 1. The number of carbonyl (C=O) groups is 2. The van der Waals surface area contributed by atoms with Gasteiger partial charge in [-0.2, -0.15) is 18.3 Å². The van der Waals surface area contributed by atoms with Crippen LogP contribution in [0.3, 0.4) is 0 Å². The maximum absolute atomic E-state index is 14.9. The van der Waals surface area contributed by atoms with Crippen molar-refractivity contribution >= 4 is 22.9 Å². The second kappa shape index (κ2) is 9.87. The van der Waals surface area contributed by atoms with Crippen LogP contribution in [0.15, 0.2) is 18.2 Å². The molecule has 0 bridgehead atoms. The third kappa shape index (κ3) is 5.74. The van der Waals surface area contributed by atoms with Gasteiger partial charge in [-0.25, -0.2) is 9.18 Å². The van der Waals surface area contributed by atoms with Crippen LogP contribution < -0.4 is 0 Å². The molecule has 4 rings (SSSR count). The summed E-state index contributed by atoms with van der Waals surface area (Å²) in [5, 5.41) is 4.83. The first kappa shape index (κ1) is 26.2. The minimum absolute atomic E-state index is 0.0367. The number of likely N-dealkylation sites (tertiary alicyclic amines) is 1. The molecule has 2 aromatic rings. The lowest BCUT2D eigenvalue weighted by molar-refractivity contribution is -0.236. The molecule has 0 radical (unpaired) electrons. The summed E-state index contributed by atoms with van der Waals surface area (Å²) in [6.07, 6.45) is -5.94. The Bertz CT molecular complexity index is 1120. The standard InChI is InChI=1S/C24H30F4N4O4/c1-23(2,3)36-22(34)30-9-7-15(8-10-30)21-20-16(25)5-4-6-17(20)32(29-21)14-19(33)31-11-12-35-18(13-31)24(26,27)28/h4-6,15,18H,7-14H2,1-3H3/t18-/m0/s1. The predicted molar refractivity (Wildman–Crippen MR) is 122 cm³/mol. The molecule has 0 N–H and O–H groups in total. The van der Waals surface area contributed by atoms with Crippen LogP contribution in [0.5, 0.6) is 0 Å². The van der Waals surface area contributed by atoms with E-state index < -0.39 is 42.2 Å². The van der Waals surface area contributed by atoms with Gasteiger partial charge in [0.05, 0.1) is 29.7 Å². The number of nitrogens with zero attached hydrogens (tertiary/aromatic N) is 4. The number of alkyl halides is 3. The summed E-state index contributed by atoms with van der Waals surface area (Å²) in [6.45, 7) is 5.11. The van der Waals surface area contributed by atoms with E-state index >= 15 is 0 Å². The molecular weight excluding hydrogens is 484 g/mol. The quantitative estimate of drug-likeness (QED) is 0.577. The summed E-state index contributed by atoms with van der Waals surface area (Å²) < 4.78 is 65.7. The Morgan fingerprint density at radius 1 is 1.11 bits per heavy atom. The Labute approximate surface area is 206 Å². The summed E-state index contributed by atoms with van der Waals surface area (Å²) >= 11 is 0. The predicted octanol–water partition coefficient (Wildman–Crippen LogP) is 4.08. The maximum atomic E-state index is 14.9. The van der Waals surface area contributed by atoms with E-state index in [1.807, 2.05) is 0 Å². The zero-order valence-corrected chi connectivity index (χ0v) is 20.5. The van der Waals surface area contributed by atoms with E-state index in [4.69, 9.17) is 9.47 Å². The van der Waals surface area contributed by atoms with E-state index in [0.717, 1.165) is 4.90 Å². The van der Waals surface area contributed by atoms with Gasteiger partial charge in [0.1, 0.15) is 18.0 Å². The summed E-state index contributed by atoms with van der Waals surface area (Å²) in [6, 6.07) is 4.45. The number of rotatable bonds is 3. The van der Waals surface area contributed by atoms with Gasteiger partial charge in [0.15, 0.2) is 6.10 Å². The number of hydrogen-bond acceptors (Lipinski definition) is 5. The molecule has 2 amide bonds. The van der Waals surface area contributed by atoms with E-state index in [2.05, 4.69) is 5.10 Å². The fourth-order valence-electron chi connectivity index (χ4n) is 4.59. The second-order valence-electron chi connectivity index (χ2n) is 10.2. The lowest BCUT2D eigenvalue weighted by Crippen LogP contribution is -2.51. The van der Waals surface area contributed by atoms with Crippen molar-refractivity contribution in [1.82, 2.24) is 19.6 Å². The molecule has 12 heteroatoms. The molecule has 0 spiro atoms. The van der Waals surface area contributed by atoms with E-state index in [1.54, 1.807) is 31.7 Å². The first-order valence-corrected chi connectivity index (χ1v) is 11.9. The van der Waals surface area contributed by atoms with Gasteiger partial charge < -0.3 is 19.3 Å². The van der Waals surface area contributed by atoms with Crippen molar-refractivity contribution in [2.24, 2.45) is 0 Å². The first-order chi connectivity index (χ1) is 16.8. The van der Waals surface area contributed by atoms with Crippen molar-refractivity contribution in [2.75, 3.05) is 32.8 Å². The number of benzene rings is 1. The van der Waals surface area contributed by atoms with Crippen LogP contribution in [-0.4, -0.2) is 82.2 Å². The molecule has 0 aliphatic carbocycles. The highest BCUT2D eigenvalue weighted by Crippen LogP contribution is 2.34. The molecule has 2 aliphatic rings. The third-order valence-corrected chi connectivity index (χ3v) is 6.36. The number of aromatic nitrogens is 2. The van der Waals surface area contributed by atoms with Gasteiger partial charge in [-0.3, -0.25) is 9.48 Å². The van der Waals surface area contributed by atoms with Crippen molar-refractivity contribution in [3.63, 3.8) is 0 Å². The smallest absolute Gasteiger partial charge is 0.416 e. The summed E-state index contributed by atoms with van der Waals surface area (Å²) in [5.41, 5.74) is 0.266. The fraction of sp³-hybridized carbons (Fsp3) is 0.625. The molecule has 198 valence electrons. The van der Waals surface area contributed by atoms with Crippen LogP contribution in [-0.2, 0) is 20.8 Å². The Hall–Kier alpha value is -2.89. The molecular formula is C24H30F4N4O4. The molecule has 2 saturated heterocycles. The Kier molecular flexibility index (Phi) is 7.18. The topological polar surface area (TPSA) is 76.9 Å². The van der Waals surface area contributed by atoms with Gasteiger partial charge >= 0.3 is 12.3 Å². The molecule has 0 saturated carbocycles. The number of halogens is 4. The fourth-order valence-corrected chi connectivity index (χ4v) is 4.59. The third-order valence-electron chi connectivity index (χ3n) is 6.36. The van der Waals surface area contributed by atoms with Crippen LogP contribution in [0, 0.1) is 5.82 Å². The number of amides is 2. The average Bonchev–Trinajstić information content (AvgIpc) is 3.17. The van der Waals surface area contributed by atoms with Crippen LogP contribution >= 0.6 is 0 Å². The Morgan fingerprint density at radius 3 is 2.44 bits per heavy atom. The number of carbonyl (C=O) groups excluding carboxylic acids is 2. The Balaban J connectivity index is 1.51. The van der Waals surface area contributed by atoms with Crippen LogP contribution in [0.4, 0.5) is 22.4 Å². The number of morpholine rings is 1. The number of ether oxygens (including phenoxy) is 2. The van der Waals surface area contributed by atoms with Crippen LogP contribution in [0.1, 0.15) is 45.2 Å². The highest BCUT2D eigenvalue weighted by atomic mass is 19.4. The largest absolute Gasteiger partial charge is 0.444 e. The highest BCUT2D eigenvalue weighted by Gasteiger charge is 2.44. The lowest BCUT2D eigenvalue weighted by Gasteiger charge is -2.33. The van der Waals surface area contributed by atoms with Gasteiger partial charge in [0.2, 0.25) is 5.91 Å². The lowest BCUT2D eigenvalue weighted by atomic mass is 9.91. The van der Waals surface area contributed by atoms with E-state index in [0.29, 0.717) is 37.1 Å². The zero-order valence-electron chi connectivity index (χ0n) is 20.5. The molecule has 36 heavy (non-hydrogen) atoms. The van der Waals surface area contributed by atoms with Crippen molar-refractivity contribution < 1.29 is 36.6 Å².